The highest BCUT2D eigenvalue weighted by molar-refractivity contribution is 6.36. The fourth-order valence-electron chi connectivity index (χ4n) is 9.35. The van der Waals surface area contributed by atoms with Crippen molar-refractivity contribution < 1.29 is 46.8 Å². The Morgan fingerprint density at radius 1 is 0.966 bits per heavy atom. The molecule has 5 aliphatic rings. The van der Waals surface area contributed by atoms with Gasteiger partial charge in [0.15, 0.2) is 0 Å². The summed E-state index contributed by atoms with van der Waals surface area (Å²) in [6.07, 6.45) is -1.71. The molecule has 0 amide bonds. The van der Waals surface area contributed by atoms with E-state index in [9.17, 15) is 28.2 Å². The molecular weight excluding hydrogens is 794 g/mol. The quantitative estimate of drug-likeness (QED) is 0.0987. The number of carbonyl (C=O) groups is 1. The molecule has 1 unspecified atom stereocenters. The maximum absolute atomic E-state index is 15.5. The summed E-state index contributed by atoms with van der Waals surface area (Å²) < 4.78 is 77.0. The van der Waals surface area contributed by atoms with Gasteiger partial charge in [-0.25, -0.2) is 9.37 Å². The monoisotopic (exact) mass is 839 g/mol. The van der Waals surface area contributed by atoms with Crippen molar-refractivity contribution in [2.24, 2.45) is 5.41 Å². The van der Waals surface area contributed by atoms with Crippen molar-refractivity contribution in [3.05, 3.63) is 87.2 Å². The molecule has 314 valence electrons. The van der Waals surface area contributed by atoms with Gasteiger partial charge < -0.3 is 29.7 Å². The zero-order chi connectivity index (χ0) is 41.6. The van der Waals surface area contributed by atoms with E-state index in [0.29, 0.717) is 96.0 Å². The van der Waals surface area contributed by atoms with Crippen LogP contribution in [0.2, 0.25) is 5.02 Å². The van der Waals surface area contributed by atoms with Crippen molar-refractivity contribution in [1.82, 2.24) is 25.5 Å². The second kappa shape index (κ2) is 16.5. The van der Waals surface area contributed by atoms with E-state index >= 15 is 4.39 Å². The van der Waals surface area contributed by atoms with Gasteiger partial charge in [-0.2, -0.15) is 18.2 Å². The average Bonchev–Trinajstić information content (AvgIpc) is 3.83. The number of carboxylic acids is 1. The second-order valence-electron chi connectivity index (χ2n) is 16.0. The van der Waals surface area contributed by atoms with Crippen LogP contribution in [0.3, 0.4) is 0 Å². The van der Waals surface area contributed by atoms with E-state index < -0.39 is 47.2 Å². The predicted octanol–water partition coefficient (Wildman–Crippen LogP) is 7.69. The Morgan fingerprint density at radius 3 is 2.41 bits per heavy atom. The molecule has 3 saturated heterocycles. The first-order valence-corrected chi connectivity index (χ1v) is 20.2. The summed E-state index contributed by atoms with van der Waals surface area (Å²) in [5.41, 5.74) is 2.19. The summed E-state index contributed by atoms with van der Waals surface area (Å²) in [4.78, 5) is 23.1. The fourth-order valence-corrected chi connectivity index (χ4v) is 9.67. The van der Waals surface area contributed by atoms with Gasteiger partial charge in [0.2, 0.25) is 17.6 Å². The number of alkyl halides is 3. The topological polar surface area (TPSA) is 138 Å². The Kier molecular flexibility index (Phi) is 11.5. The summed E-state index contributed by atoms with van der Waals surface area (Å²) in [6, 6.07) is 12.9. The molecule has 0 radical (unpaired) electrons. The molecule has 1 saturated carbocycles. The summed E-state index contributed by atoms with van der Waals surface area (Å²) in [6.45, 7) is 1.42. The Morgan fingerprint density at radius 2 is 1.71 bits per heavy atom. The highest BCUT2D eigenvalue weighted by Crippen LogP contribution is 2.48. The van der Waals surface area contributed by atoms with Gasteiger partial charge in [-0.05, 0) is 92.3 Å². The first-order chi connectivity index (χ1) is 28.3. The van der Waals surface area contributed by atoms with E-state index in [2.05, 4.69) is 15.6 Å². The summed E-state index contributed by atoms with van der Waals surface area (Å²) in [7, 11) is 2.85. The number of pyridine rings is 2. The number of methoxy groups -OCH3 is 2. The Bertz CT molecular complexity index is 2240. The van der Waals surface area contributed by atoms with Crippen molar-refractivity contribution >= 4 is 17.6 Å². The molecule has 2 aromatic heterocycles. The highest BCUT2D eigenvalue weighted by atomic mass is 35.5. The second-order valence-corrected chi connectivity index (χ2v) is 16.4. The van der Waals surface area contributed by atoms with Crippen LogP contribution in [0, 0.1) is 11.2 Å². The highest BCUT2D eigenvalue weighted by Gasteiger charge is 2.50. The molecule has 11 nitrogen and oxygen atoms in total. The number of halogens is 5. The van der Waals surface area contributed by atoms with Crippen LogP contribution in [0.25, 0.3) is 22.4 Å². The van der Waals surface area contributed by atoms with Crippen LogP contribution in [0.4, 0.5) is 17.6 Å². The van der Waals surface area contributed by atoms with Crippen LogP contribution >= 0.6 is 11.6 Å². The molecule has 2 aromatic carbocycles. The van der Waals surface area contributed by atoms with E-state index in [4.69, 9.17) is 30.8 Å². The maximum Gasteiger partial charge on any atom is 0.421 e. The molecule has 3 atom stereocenters. The Hall–Kier alpha value is -4.54. The molecule has 59 heavy (non-hydrogen) atoms. The lowest BCUT2D eigenvalue weighted by molar-refractivity contribution is -0.159. The number of fused-ring (bicyclic) bond motifs is 4. The fraction of sp³-hybridized carbons (Fsp3) is 0.465. The van der Waals surface area contributed by atoms with Gasteiger partial charge in [0.25, 0.3) is 0 Å². The third-order valence-electron chi connectivity index (χ3n) is 12.4. The van der Waals surface area contributed by atoms with Crippen LogP contribution in [-0.4, -0.2) is 76.7 Å². The molecule has 0 spiro atoms. The van der Waals surface area contributed by atoms with E-state index in [1.54, 1.807) is 18.2 Å². The first kappa shape index (κ1) is 41.2. The third-order valence-corrected chi connectivity index (χ3v) is 12.8. The predicted molar refractivity (Wildman–Crippen MR) is 211 cm³/mol. The molecule has 4 N–H and O–H groups in total. The van der Waals surface area contributed by atoms with E-state index in [-0.39, 0.29) is 43.0 Å². The van der Waals surface area contributed by atoms with Crippen LogP contribution in [0.5, 0.6) is 17.6 Å². The van der Waals surface area contributed by atoms with Crippen molar-refractivity contribution in [3.8, 4) is 40.0 Å². The van der Waals surface area contributed by atoms with Crippen molar-refractivity contribution in [2.75, 3.05) is 27.3 Å². The van der Waals surface area contributed by atoms with Gasteiger partial charge in [-0.1, -0.05) is 35.9 Å². The normalized spacial score (nSPS) is 24.0. The molecule has 16 heteroatoms. The maximum atomic E-state index is 15.5. The van der Waals surface area contributed by atoms with Crippen molar-refractivity contribution in [3.63, 3.8) is 0 Å². The van der Waals surface area contributed by atoms with Gasteiger partial charge in [-0.3, -0.25) is 15.0 Å². The average molecular weight is 840 g/mol. The molecule has 9 rings (SSSR count). The number of aliphatic carboxylic acids is 1. The van der Waals surface area contributed by atoms with Crippen LogP contribution in [-0.2, 0) is 30.5 Å². The summed E-state index contributed by atoms with van der Waals surface area (Å²) in [5, 5.41) is 26.5. The minimum absolute atomic E-state index is 0.0360. The number of hydrogen-bond donors (Lipinski definition) is 4. The van der Waals surface area contributed by atoms with E-state index in [0.717, 1.165) is 18.1 Å². The van der Waals surface area contributed by atoms with Crippen LogP contribution in [0.1, 0.15) is 78.9 Å². The number of piperidine rings is 2. The largest absolute Gasteiger partial charge is 0.481 e. The van der Waals surface area contributed by atoms with Crippen molar-refractivity contribution in [2.45, 2.75) is 95.0 Å². The molecule has 3 aliphatic heterocycles. The molecular formula is C43H46ClF4N5O6. The molecule has 4 aromatic rings. The zero-order valence-corrected chi connectivity index (χ0v) is 33.4. The Labute approximate surface area is 344 Å². The standard InChI is InChI=1S/C43H46ClF4N5O6/c1-57-38-23(19-49-20-26-7-11-36(54)50-26)6-9-34(51-38)30-5-3-4-29(37(30)44)31-17-25(45)18-32-28(31)8-10-35(32)59-40-33(43(46,47)48)16-24(39(52-40)58-2)21-53-22-42(41(55)56)14-12-27(53)13-15-42/h3-6,9,16-18,26-27,35-36,49-50,54H,7-8,10-15,19-22H2,1-2H3,(H,55,56)/t26-,27?,35-,36?,42?/m0/s1. The number of nitrogens with one attached hydrogen (secondary N) is 2. The smallest absolute Gasteiger partial charge is 0.421 e. The van der Waals surface area contributed by atoms with E-state index in [1.165, 1.54) is 26.4 Å². The first-order valence-electron chi connectivity index (χ1n) is 19.9. The number of aliphatic hydroxyl groups excluding tert-OH is 1. The lowest BCUT2D eigenvalue weighted by Crippen LogP contribution is -2.56. The summed E-state index contributed by atoms with van der Waals surface area (Å²) in [5.74, 6) is -1.83. The number of benzene rings is 2. The lowest BCUT2D eigenvalue weighted by atomic mass is 9.67. The molecule has 2 bridgehead atoms. The van der Waals surface area contributed by atoms with Crippen LogP contribution in [0.15, 0.2) is 48.5 Å². The van der Waals surface area contributed by atoms with E-state index in [1.807, 2.05) is 17.0 Å². The van der Waals surface area contributed by atoms with Gasteiger partial charge in [0.1, 0.15) is 23.7 Å². The zero-order valence-electron chi connectivity index (χ0n) is 32.7. The minimum atomic E-state index is -4.85. The number of ether oxygens (including phenoxy) is 3. The number of nitrogens with zero attached hydrogens (tertiary/aromatic N) is 3. The summed E-state index contributed by atoms with van der Waals surface area (Å²) >= 11 is 7.08. The number of aliphatic hydroxyl groups is 1. The van der Waals surface area contributed by atoms with Crippen LogP contribution < -0.4 is 24.8 Å². The third kappa shape index (κ3) is 8.19. The van der Waals surface area contributed by atoms with Gasteiger partial charge in [-0.15, -0.1) is 0 Å². The molecule has 4 fully saturated rings. The van der Waals surface area contributed by atoms with Gasteiger partial charge in [0.05, 0.1) is 30.4 Å². The minimum Gasteiger partial charge on any atom is -0.481 e. The molecule has 2 aliphatic carbocycles. The van der Waals surface area contributed by atoms with Gasteiger partial charge in [0, 0.05) is 60.5 Å². The number of hydrogen-bond acceptors (Lipinski definition) is 10. The number of rotatable bonds is 13. The lowest BCUT2D eigenvalue weighted by Gasteiger charge is -2.50. The number of aromatic nitrogens is 2. The number of carboxylic acid groups (broad SMARTS) is 1. The Balaban J connectivity index is 1.05. The van der Waals surface area contributed by atoms with Gasteiger partial charge >= 0.3 is 12.1 Å². The SMILES string of the molecule is COc1nc(-c2cccc(-c3cc(F)cc4c3CC[C@@H]4Oc3nc(OC)c(CN4CC5(C(=O)O)CCC4CC5)cc3C(F)(F)F)c2Cl)ccc1CNC[C@@H]1CCC(O)N1. The molecule has 5 heterocycles. The van der Waals surface area contributed by atoms with Crippen molar-refractivity contribution in [1.29, 1.82) is 0 Å².